The molecule has 9 heteroatoms. The molecule has 0 atom stereocenters. The molecule has 0 saturated carbocycles. The molecule has 1 N–H and O–H groups in total. The Balaban J connectivity index is 1.38. The number of benzene rings is 2. The molecule has 2 aromatic carbocycles. The van der Waals surface area contributed by atoms with Gasteiger partial charge in [-0.25, -0.2) is 9.07 Å². The van der Waals surface area contributed by atoms with Gasteiger partial charge in [0.15, 0.2) is 11.5 Å². The van der Waals surface area contributed by atoms with Crippen LogP contribution in [0, 0.1) is 5.82 Å². The van der Waals surface area contributed by atoms with E-state index in [9.17, 15) is 9.18 Å². The van der Waals surface area contributed by atoms with Crippen molar-refractivity contribution < 1.29 is 9.18 Å². The largest absolute Gasteiger partial charge is 0.321 e. The van der Waals surface area contributed by atoms with Gasteiger partial charge in [0.25, 0.3) is 5.91 Å². The number of hydrogen-bond donors (Lipinski definition) is 1. The second-order valence-corrected chi connectivity index (χ2v) is 8.08. The van der Waals surface area contributed by atoms with Gasteiger partial charge in [-0.3, -0.25) is 4.79 Å². The van der Waals surface area contributed by atoms with Crippen molar-refractivity contribution in [2.45, 2.75) is 32.2 Å². The van der Waals surface area contributed by atoms with Crippen molar-refractivity contribution in [2.75, 3.05) is 5.32 Å². The van der Waals surface area contributed by atoms with Crippen LogP contribution >= 0.6 is 11.6 Å². The number of hydrogen-bond acceptors (Lipinski definition) is 4. The molecule has 0 radical (unpaired) electrons. The number of carbonyl (C=O) groups is 1. The molecule has 1 amide bonds. The van der Waals surface area contributed by atoms with Gasteiger partial charge < -0.3 is 9.88 Å². The number of nitrogens with one attached hydrogen (secondary N) is 1. The number of carbonyl (C=O) groups excluding carboxylic acids is 1. The summed E-state index contributed by atoms with van der Waals surface area (Å²) in [5.74, 6) is 0.985. The lowest BCUT2D eigenvalue weighted by atomic mass is 10.1. The summed E-state index contributed by atoms with van der Waals surface area (Å²) in [5, 5.41) is 16.4. The number of nitrogens with zero attached hydrogens (tertiary/aromatic N) is 5. The summed E-state index contributed by atoms with van der Waals surface area (Å²) in [6.45, 7) is 0.853. The highest BCUT2D eigenvalue weighted by Gasteiger charge is 2.19. The zero-order valence-corrected chi connectivity index (χ0v) is 17.9. The van der Waals surface area contributed by atoms with Gasteiger partial charge in [-0.1, -0.05) is 18.0 Å². The van der Waals surface area contributed by atoms with Gasteiger partial charge in [-0.05, 0) is 61.4 Å². The van der Waals surface area contributed by atoms with Gasteiger partial charge in [0, 0.05) is 30.4 Å². The van der Waals surface area contributed by atoms with Crippen molar-refractivity contribution in [3.8, 4) is 17.1 Å². The first-order valence-electron chi connectivity index (χ1n) is 10.4. The smallest absolute Gasteiger partial charge is 0.276 e. The number of rotatable bonds is 4. The van der Waals surface area contributed by atoms with E-state index in [1.165, 1.54) is 16.8 Å². The van der Waals surface area contributed by atoms with Crippen LogP contribution in [0.15, 0.2) is 54.7 Å². The molecular formula is C23H20ClFN6O. The molecule has 0 unspecified atom stereocenters. The number of anilines is 1. The Kier molecular flexibility index (Phi) is 5.45. The average molecular weight is 451 g/mol. The van der Waals surface area contributed by atoms with Crippen LogP contribution in [-0.4, -0.2) is 30.5 Å². The summed E-state index contributed by atoms with van der Waals surface area (Å²) in [6.07, 6.45) is 5.89. The van der Waals surface area contributed by atoms with Crippen LogP contribution in [0.25, 0.3) is 17.1 Å². The van der Waals surface area contributed by atoms with E-state index >= 15 is 0 Å². The lowest BCUT2D eigenvalue weighted by Crippen LogP contribution is -2.13. The maximum atomic E-state index is 13.1. The third kappa shape index (κ3) is 4.01. The van der Waals surface area contributed by atoms with Crippen molar-refractivity contribution in [3.63, 3.8) is 0 Å². The van der Waals surface area contributed by atoms with Gasteiger partial charge in [0.1, 0.15) is 11.6 Å². The van der Waals surface area contributed by atoms with E-state index in [-0.39, 0.29) is 17.4 Å². The third-order valence-corrected chi connectivity index (χ3v) is 5.82. The van der Waals surface area contributed by atoms with E-state index in [1.807, 2.05) is 0 Å². The van der Waals surface area contributed by atoms with Gasteiger partial charge in [0.05, 0.1) is 10.7 Å². The Hall–Kier alpha value is -3.52. The maximum absolute atomic E-state index is 13.1. The number of amides is 1. The highest BCUT2D eigenvalue weighted by atomic mass is 35.5. The molecule has 5 rings (SSSR count). The first kappa shape index (κ1) is 20.4. The molecule has 0 spiro atoms. The molecule has 0 aliphatic carbocycles. The topological polar surface area (TPSA) is 77.6 Å². The first-order valence-corrected chi connectivity index (χ1v) is 10.8. The highest BCUT2D eigenvalue weighted by Crippen LogP contribution is 2.31. The second-order valence-electron chi connectivity index (χ2n) is 7.67. The van der Waals surface area contributed by atoms with Crippen molar-refractivity contribution >= 4 is 23.2 Å². The fourth-order valence-electron chi connectivity index (χ4n) is 3.84. The number of fused-ring (bicyclic) bond motifs is 1. The number of aromatic nitrogens is 5. The summed E-state index contributed by atoms with van der Waals surface area (Å²) in [6, 6.07) is 12.8. The molecule has 0 bridgehead atoms. The first-order chi connectivity index (χ1) is 15.6. The minimum Gasteiger partial charge on any atom is -0.321 e. The molecule has 4 aromatic rings. The van der Waals surface area contributed by atoms with Crippen LogP contribution < -0.4 is 5.32 Å². The summed E-state index contributed by atoms with van der Waals surface area (Å²) < 4.78 is 16.8. The fraction of sp³-hybridized carbons (Fsp3) is 0.217. The predicted molar refractivity (Wildman–Crippen MR) is 119 cm³/mol. The molecule has 32 heavy (non-hydrogen) atoms. The Bertz CT molecular complexity index is 1280. The van der Waals surface area contributed by atoms with Crippen LogP contribution in [0.3, 0.4) is 0 Å². The summed E-state index contributed by atoms with van der Waals surface area (Å²) >= 11 is 6.47. The van der Waals surface area contributed by atoms with E-state index in [2.05, 4.69) is 25.2 Å². The Morgan fingerprint density at radius 2 is 1.88 bits per heavy atom. The fourth-order valence-corrected chi connectivity index (χ4v) is 4.04. The van der Waals surface area contributed by atoms with Crippen molar-refractivity contribution in [2.24, 2.45) is 0 Å². The molecule has 0 saturated heterocycles. The quantitative estimate of drug-likeness (QED) is 0.479. The van der Waals surface area contributed by atoms with Crippen LogP contribution in [0.4, 0.5) is 10.1 Å². The van der Waals surface area contributed by atoms with E-state index < -0.39 is 0 Å². The summed E-state index contributed by atoms with van der Waals surface area (Å²) in [4.78, 5) is 12.8. The number of aryl methyl sites for hydroxylation is 1. The van der Waals surface area contributed by atoms with Crippen LogP contribution in [0.5, 0.6) is 0 Å². The van der Waals surface area contributed by atoms with Gasteiger partial charge in [-0.15, -0.1) is 10.2 Å². The number of halogens is 2. The zero-order valence-electron chi connectivity index (χ0n) is 17.1. The Morgan fingerprint density at radius 3 is 2.72 bits per heavy atom. The van der Waals surface area contributed by atoms with Gasteiger partial charge >= 0.3 is 0 Å². The van der Waals surface area contributed by atoms with Gasteiger partial charge in [-0.2, -0.15) is 5.10 Å². The normalized spacial score (nSPS) is 13.4. The molecule has 1 aliphatic rings. The van der Waals surface area contributed by atoms with Crippen LogP contribution in [0.1, 0.15) is 35.6 Å². The summed E-state index contributed by atoms with van der Waals surface area (Å²) in [5.41, 5.74) is 2.20. The highest BCUT2D eigenvalue weighted by molar-refractivity contribution is 6.33. The van der Waals surface area contributed by atoms with E-state index in [4.69, 9.17) is 11.6 Å². The molecule has 0 fully saturated rings. The standard InChI is InChI=1S/C23H20ClFN6O/c24-19-10-7-16(14-18(19)22-28-27-21-4-2-1-3-12-30(21)22)26-23(32)20-11-13-31(29-20)17-8-5-15(25)6-9-17/h5-11,13-14H,1-4,12H2,(H,26,32). The average Bonchev–Trinajstić information content (AvgIpc) is 3.38. The van der Waals surface area contributed by atoms with Crippen molar-refractivity contribution in [1.82, 2.24) is 24.5 Å². The minimum absolute atomic E-state index is 0.238. The summed E-state index contributed by atoms with van der Waals surface area (Å²) in [7, 11) is 0. The Morgan fingerprint density at radius 1 is 1.03 bits per heavy atom. The molecular weight excluding hydrogens is 431 g/mol. The van der Waals surface area contributed by atoms with Crippen molar-refractivity contribution in [3.05, 3.63) is 77.1 Å². The second kappa shape index (κ2) is 8.55. The molecule has 1 aliphatic heterocycles. The zero-order chi connectivity index (χ0) is 22.1. The predicted octanol–water partition coefficient (Wildman–Crippen LogP) is 4.90. The van der Waals surface area contributed by atoms with E-state index in [0.717, 1.165) is 43.6 Å². The molecule has 2 aromatic heterocycles. The lowest BCUT2D eigenvalue weighted by molar-refractivity contribution is 0.102. The third-order valence-electron chi connectivity index (χ3n) is 5.49. The minimum atomic E-state index is -0.362. The van der Waals surface area contributed by atoms with E-state index in [0.29, 0.717) is 22.2 Å². The van der Waals surface area contributed by atoms with Crippen LogP contribution in [0.2, 0.25) is 5.02 Å². The lowest BCUT2D eigenvalue weighted by Gasteiger charge is -2.11. The Labute approximate surface area is 188 Å². The monoisotopic (exact) mass is 450 g/mol. The maximum Gasteiger partial charge on any atom is 0.276 e. The molecule has 162 valence electrons. The molecule has 3 heterocycles. The van der Waals surface area contributed by atoms with Crippen molar-refractivity contribution in [1.29, 1.82) is 0 Å². The van der Waals surface area contributed by atoms with Gasteiger partial charge in [0.2, 0.25) is 0 Å². The molecule has 7 nitrogen and oxygen atoms in total. The van der Waals surface area contributed by atoms with E-state index in [1.54, 1.807) is 42.6 Å². The SMILES string of the molecule is O=C(Nc1ccc(Cl)c(-c2nnc3n2CCCCC3)c1)c1ccn(-c2ccc(F)cc2)n1. The van der Waals surface area contributed by atoms with Crippen LogP contribution in [-0.2, 0) is 13.0 Å².